The van der Waals surface area contributed by atoms with Crippen LogP contribution in [0.3, 0.4) is 0 Å². The molecule has 0 unspecified atom stereocenters. The first-order valence-corrected chi connectivity index (χ1v) is 10.6. The van der Waals surface area contributed by atoms with E-state index in [1.54, 1.807) is 0 Å². The second-order valence-corrected chi connectivity index (χ2v) is 7.81. The number of carbonyl (C=O) groups excluding carboxylic acids is 1. The van der Waals surface area contributed by atoms with Gasteiger partial charge in [-0.1, -0.05) is 67.6 Å². The van der Waals surface area contributed by atoms with E-state index in [0.717, 1.165) is 53.4 Å². The van der Waals surface area contributed by atoms with Crippen molar-refractivity contribution in [2.24, 2.45) is 0 Å². The van der Waals surface area contributed by atoms with Crippen LogP contribution in [-0.4, -0.2) is 40.9 Å². The molecule has 30 heavy (non-hydrogen) atoms. The van der Waals surface area contributed by atoms with E-state index in [-0.39, 0.29) is 5.91 Å². The van der Waals surface area contributed by atoms with Crippen molar-refractivity contribution in [3.05, 3.63) is 77.5 Å². The van der Waals surface area contributed by atoms with Crippen molar-refractivity contribution < 1.29 is 4.79 Å². The fourth-order valence-electron chi connectivity index (χ4n) is 3.97. The summed E-state index contributed by atoms with van der Waals surface area (Å²) in [4.78, 5) is 26.9. The van der Waals surface area contributed by atoms with Gasteiger partial charge < -0.3 is 9.80 Å². The minimum Gasteiger partial charge on any atom is -0.359 e. The Labute approximate surface area is 178 Å². The smallest absolute Gasteiger partial charge is 0.227 e. The van der Waals surface area contributed by atoms with Crippen molar-refractivity contribution in [2.45, 2.75) is 32.7 Å². The summed E-state index contributed by atoms with van der Waals surface area (Å²) in [5, 5.41) is 0. The average molecular weight is 401 g/mol. The Balaban J connectivity index is 1.64. The molecule has 154 valence electrons. The van der Waals surface area contributed by atoms with Crippen LogP contribution in [0.5, 0.6) is 0 Å². The van der Waals surface area contributed by atoms with Crippen LogP contribution in [0.4, 0.5) is 5.82 Å². The second-order valence-electron chi connectivity index (χ2n) is 7.81. The fourth-order valence-corrected chi connectivity index (χ4v) is 3.97. The third-order valence-corrected chi connectivity index (χ3v) is 5.54. The number of aromatic nitrogens is 2. The summed E-state index contributed by atoms with van der Waals surface area (Å²) in [7, 11) is 2.08. The molecular weight excluding hydrogens is 372 g/mol. The van der Waals surface area contributed by atoms with Gasteiger partial charge in [-0.15, -0.1) is 0 Å². The highest BCUT2D eigenvalue weighted by molar-refractivity contribution is 5.79. The molecule has 1 amide bonds. The predicted molar refractivity (Wildman–Crippen MR) is 120 cm³/mol. The van der Waals surface area contributed by atoms with Gasteiger partial charge in [0.2, 0.25) is 5.91 Å². The normalized spacial score (nSPS) is 13.1. The van der Waals surface area contributed by atoms with Crippen LogP contribution in [0.15, 0.2) is 60.7 Å². The van der Waals surface area contributed by atoms with Crippen molar-refractivity contribution in [1.29, 1.82) is 0 Å². The third kappa shape index (κ3) is 4.35. The molecule has 0 atom stereocenters. The molecule has 1 aliphatic heterocycles. The van der Waals surface area contributed by atoms with Gasteiger partial charge in [-0.05, 0) is 12.0 Å². The van der Waals surface area contributed by atoms with Gasteiger partial charge >= 0.3 is 0 Å². The monoisotopic (exact) mass is 400 g/mol. The molecule has 0 spiro atoms. The minimum atomic E-state index is 0.156. The van der Waals surface area contributed by atoms with Gasteiger partial charge in [-0.3, -0.25) is 4.79 Å². The van der Waals surface area contributed by atoms with Gasteiger partial charge in [-0.25, -0.2) is 9.97 Å². The number of anilines is 1. The molecule has 3 aromatic rings. The van der Waals surface area contributed by atoms with E-state index in [1.165, 1.54) is 0 Å². The van der Waals surface area contributed by atoms with Crippen LogP contribution in [0.1, 0.15) is 30.2 Å². The molecule has 0 aliphatic carbocycles. The quantitative estimate of drug-likeness (QED) is 0.625. The molecule has 0 saturated carbocycles. The first-order valence-electron chi connectivity index (χ1n) is 10.6. The first-order chi connectivity index (χ1) is 14.7. The fraction of sp³-hybridized carbons (Fsp3) is 0.320. The second kappa shape index (κ2) is 9.08. The van der Waals surface area contributed by atoms with Gasteiger partial charge in [0.25, 0.3) is 0 Å². The van der Waals surface area contributed by atoms with Crippen LogP contribution < -0.4 is 4.90 Å². The Morgan fingerprint density at radius 1 is 1.03 bits per heavy atom. The van der Waals surface area contributed by atoms with Crippen LogP contribution in [0.25, 0.3) is 11.4 Å². The third-order valence-electron chi connectivity index (χ3n) is 5.54. The number of carbonyl (C=O) groups is 1. The first kappa shape index (κ1) is 20.1. The molecule has 0 N–H and O–H groups in total. The summed E-state index contributed by atoms with van der Waals surface area (Å²) in [6.07, 6.45) is 2.22. The zero-order chi connectivity index (χ0) is 20.9. The van der Waals surface area contributed by atoms with E-state index in [0.29, 0.717) is 19.5 Å². The van der Waals surface area contributed by atoms with E-state index >= 15 is 0 Å². The highest BCUT2D eigenvalue weighted by Gasteiger charge is 2.27. The highest BCUT2D eigenvalue weighted by Crippen LogP contribution is 2.29. The molecule has 0 radical (unpaired) electrons. The molecule has 1 aliphatic rings. The molecule has 5 heteroatoms. The largest absolute Gasteiger partial charge is 0.359 e. The number of amides is 1. The van der Waals surface area contributed by atoms with Crippen LogP contribution in [0.2, 0.25) is 0 Å². The average Bonchev–Trinajstić information content (AvgIpc) is 2.79. The van der Waals surface area contributed by atoms with Crippen LogP contribution in [0, 0.1) is 0 Å². The molecule has 0 saturated heterocycles. The van der Waals surface area contributed by atoms with E-state index in [1.807, 2.05) is 65.6 Å². The lowest BCUT2D eigenvalue weighted by Crippen LogP contribution is -2.38. The van der Waals surface area contributed by atoms with Crippen molar-refractivity contribution in [3.8, 4) is 11.4 Å². The standard InChI is InChI=1S/C25H28N4O/c1-3-15-28(2)25-21-18-29(23(30)17-19-10-6-4-7-11-19)16-14-22(21)26-24(27-25)20-12-8-5-9-13-20/h4-13H,3,14-18H2,1-2H3. The van der Waals surface area contributed by atoms with Gasteiger partial charge in [0.1, 0.15) is 5.82 Å². The summed E-state index contributed by atoms with van der Waals surface area (Å²) >= 11 is 0. The van der Waals surface area contributed by atoms with Gasteiger partial charge in [-0.2, -0.15) is 0 Å². The number of nitrogens with zero attached hydrogens (tertiary/aromatic N) is 4. The molecule has 1 aromatic heterocycles. The maximum Gasteiger partial charge on any atom is 0.227 e. The molecule has 0 bridgehead atoms. The molecule has 5 nitrogen and oxygen atoms in total. The summed E-state index contributed by atoms with van der Waals surface area (Å²) in [6.45, 7) is 4.34. The van der Waals surface area contributed by atoms with Gasteiger partial charge in [0.05, 0.1) is 18.7 Å². The Bertz CT molecular complexity index is 1000. The van der Waals surface area contributed by atoms with Crippen LogP contribution in [-0.2, 0) is 24.2 Å². The minimum absolute atomic E-state index is 0.156. The van der Waals surface area contributed by atoms with E-state index in [9.17, 15) is 4.79 Å². The topological polar surface area (TPSA) is 49.3 Å². The van der Waals surface area contributed by atoms with Crippen molar-refractivity contribution >= 4 is 11.7 Å². The molecule has 2 aromatic carbocycles. The van der Waals surface area contributed by atoms with Crippen LogP contribution >= 0.6 is 0 Å². The molecular formula is C25H28N4O. The molecule has 0 fully saturated rings. The van der Waals surface area contributed by atoms with Crippen molar-refractivity contribution in [1.82, 2.24) is 14.9 Å². The van der Waals surface area contributed by atoms with Crippen molar-refractivity contribution in [3.63, 3.8) is 0 Å². The number of hydrogen-bond acceptors (Lipinski definition) is 4. The number of rotatable bonds is 6. The summed E-state index contributed by atoms with van der Waals surface area (Å²) < 4.78 is 0. The lowest BCUT2D eigenvalue weighted by Gasteiger charge is -2.32. The Morgan fingerprint density at radius 2 is 1.73 bits per heavy atom. The molecule has 4 rings (SSSR count). The lowest BCUT2D eigenvalue weighted by molar-refractivity contribution is -0.131. The number of fused-ring (bicyclic) bond motifs is 1. The maximum atomic E-state index is 12.9. The number of hydrogen-bond donors (Lipinski definition) is 0. The zero-order valence-electron chi connectivity index (χ0n) is 17.7. The zero-order valence-corrected chi connectivity index (χ0v) is 17.7. The summed E-state index contributed by atoms with van der Waals surface area (Å²) in [5.74, 6) is 1.86. The summed E-state index contributed by atoms with van der Waals surface area (Å²) in [6, 6.07) is 20.1. The Hall–Kier alpha value is -3.21. The van der Waals surface area contributed by atoms with Gasteiger partial charge in [0.15, 0.2) is 5.82 Å². The number of benzene rings is 2. The Kier molecular flexibility index (Phi) is 6.07. The molecule has 2 heterocycles. The van der Waals surface area contributed by atoms with Crippen molar-refractivity contribution in [2.75, 3.05) is 25.0 Å². The van der Waals surface area contributed by atoms with E-state index < -0.39 is 0 Å². The van der Waals surface area contributed by atoms with E-state index in [4.69, 9.17) is 9.97 Å². The predicted octanol–water partition coefficient (Wildman–Crippen LogP) is 4.12. The Morgan fingerprint density at radius 3 is 2.43 bits per heavy atom. The maximum absolute atomic E-state index is 12.9. The lowest BCUT2D eigenvalue weighted by atomic mass is 10.0. The summed E-state index contributed by atoms with van der Waals surface area (Å²) in [5.41, 5.74) is 4.21. The highest BCUT2D eigenvalue weighted by atomic mass is 16.2. The van der Waals surface area contributed by atoms with Gasteiger partial charge in [0, 0.05) is 37.7 Å². The SMILES string of the molecule is CCCN(C)c1nc(-c2ccccc2)nc2c1CN(C(=O)Cc1ccccc1)CC2. The van der Waals surface area contributed by atoms with E-state index in [2.05, 4.69) is 18.9 Å².